The minimum Gasteiger partial charge on any atom is -0.324 e. The summed E-state index contributed by atoms with van der Waals surface area (Å²) in [5, 5.41) is 0. The van der Waals surface area contributed by atoms with Crippen LogP contribution < -0.4 is 10.5 Å². The molecule has 0 aromatic heterocycles. The molecule has 0 spiro atoms. The zero-order valence-electron chi connectivity index (χ0n) is 12.2. The molecule has 1 saturated carbocycles. The molecule has 1 aliphatic carbocycles. The van der Waals surface area contributed by atoms with E-state index >= 15 is 0 Å². The Hall–Kier alpha value is -0.910. The van der Waals surface area contributed by atoms with Crippen LogP contribution in [0.25, 0.3) is 0 Å². The van der Waals surface area contributed by atoms with E-state index in [1.165, 1.54) is 6.42 Å². The first-order chi connectivity index (χ1) is 9.38. The molecule has 0 heterocycles. The van der Waals surface area contributed by atoms with Crippen molar-refractivity contribution < 1.29 is 8.42 Å². The molecule has 2 rings (SSSR count). The highest BCUT2D eigenvalue weighted by Crippen LogP contribution is 2.43. The molecule has 1 atom stereocenters. The van der Waals surface area contributed by atoms with Gasteiger partial charge in [-0.3, -0.25) is 0 Å². The van der Waals surface area contributed by atoms with Crippen LogP contribution in [-0.4, -0.2) is 15.0 Å². The summed E-state index contributed by atoms with van der Waals surface area (Å²) in [6, 6.07) is 6.70. The van der Waals surface area contributed by atoms with Gasteiger partial charge in [0.25, 0.3) is 0 Å². The number of nitrogens with one attached hydrogen (secondary N) is 1. The number of nitrogens with two attached hydrogens (primary N) is 1. The van der Waals surface area contributed by atoms with Crippen LogP contribution >= 0.6 is 0 Å². The lowest BCUT2D eigenvalue weighted by Gasteiger charge is -2.41. The molecule has 4 nitrogen and oxygen atoms in total. The monoisotopic (exact) mass is 296 g/mol. The van der Waals surface area contributed by atoms with Crippen LogP contribution in [0.3, 0.4) is 0 Å². The Morgan fingerprint density at radius 2 is 2.10 bits per heavy atom. The third-order valence-electron chi connectivity index (χ3n) is 4.50. The molecule has 1 aromatic rings. The average molecular weight is 296 g/mol. The van der Waals surface area contributed by atoms with Crippen LogP contribution in [0.2, 0.25) is 0 Å². The van der Waals surface area contributed by atoms with Gasteiger partial charge in [-0.2, -0.15) is 0 Å². The van der Waals surface area contributed by atoms with Gasteiger partial charge in [-0.05, 0) is 49.3 Å². The smallest absolute Gasteiger partial charge is 0.240 e. The van der Waals surface area contributed by atoms with Gasteiger partial charge in [0.05, 0.1) is 4.90 Å². The molecule has 1 unspecified atom stereocenters. The Morgan fingerprint density at radius 1 is 1.40 bits per heavy atom. The Kier molecular flexibility index (Phi) is 4.52. The van der Waals surface area contributed by atoms with Crippen molar-refractivity contribution in [2.75, 3.05) is 6.54 Å². The first kappa shape index (κ1) is 15.5. The molecule has 3 N–H and O–H groups in total. The predicted octanol–water partition coefficient (Wildman–Crippen LogP) is 2.56. The van der Waals surface area contributed by atoms with E-state index in [1.807, 2.05) is 13.0 Å². The topological polar surface area (TPSA) is 72.2 Å². The van der Waals surface area contributed by atoms with Crippen molar-refractivity contribution in [3.05, 3.63) is 29.8 Å². The van der Waals surface area contributed by atoms with Gasteiger partial charge in [0.2, 0.25) is 10.0 Å². The van der Waals surface area contributed by atoms with Gasteiger partial charge in [0.15, 0.2) is 0 Å². The van der Waals surface area contributed by atoms with Crippen molar-refractivity contribution in [3.8, 4) is 0 Å². The highest BCUT2D eigenvalue weighted by atomic mass is 32.2. The van der Waals surface area contributed by atoms with Gasteiger partial charge >= 0.3 is 0 Å². The van der Waals surface area contributed by atoms with Gasteiger partial charge in [-0.1, -0.05) is 25.5 Å². The zero-order valence-corrected chi connectivity index (χ0v) is 13.0. The second-order valence-corrected chi connectivity index (χ2v) is 7.66. The molecule has 112 valence electrons. The number of sulfonamides is 1. The fourth-order valence-electron chi connectivity index (χ4n) is 2.63. The second-order valence-electron chi connectivity index (χ2n) is 5.89. The molecule has 1 aliphatic rings. The van der Waals surface area contributed by atoms with Crippen LogP contribution in [-0.2, 0) is 10.0 Å². The van der Waals surface area contributed by atoms with E-state index in [4.69, 9.17) is 5.73 Å². The van der Waals surface area contributed by atoms with Crippen LogP contribution in [0.15, 0.2) is 29.2 Å². The van der Waals surface area contributed by atoms with Gasteiger partial charge in [0.1, 0.15) is 0 Å². The third-order valence-corrected chi connectivity index (χ3v) is 5.89. The van der Waals surface area contributed by atoms with Crippen molar-refractivity contribution >= 4 is 10.0 Å². The lowest BCUT2D eigenvalue weighted by Crippen LogP contribution is -2.41. The minimum absolute atomic E-state index is 0.168. The molecule has 1 fully saturated rings. The van der Waals surface area contributed by atoms with E-state index in [1.54, 1.807) is 18.2 Å². The van der Waals surface area contributed by atoms with E-state index in [0.29, 0.717) is 11.4 Å². The highest BCUT2D eigenvalue weighted by molar-refractivity contribution is 7.89. The van der Waals surface area contributed by atoms with Gasteiger partial charge < -0.3 is 5.73 Å². The fraction of sp³-hybridized carbons (Fsp3) is 0.600. The van der Waals surface area contributed by atoms with Crippen LogP contribution in [0.5, 0.6) is 0 Å². The maximum Gasteiger partial charge on any atom is 0.240 e. The molecule has 20 heavy (non-hydrogen) atoms. The Morgan fingerprint density at radius 3 is 2.60 bits per heavy atom. The summed E-state index contributed by atoms with van der Waals surface area (Å²) in [6.07, 6.45) is 4.46. The normalized spacial score (nSPS) is 19.4. The van der Waals surface area contributed by atoms with E-state index in [-0.39, 0.29) is 11.5 Å². The van der Waals surface area contributed by atoms with Crippen molar-refractivity contribution in [1.82, 2.24) is 4.72 Å². The van der Waals surface area contributed by atoms with Crippen molar-refractivity contribution in [1.29, 1.82) is 0 Å². The lowest BCUT2D eigenvalue weighted by atomic mass is 9.67. The minimum atomic E-state index is -3.44. The first-order valence-corrected chi connectivity index (χ1v) is 8.72. The van der Waals surface area contributed by atoms with E-state index < -0.39 is 10.0 Å². The molecular weight excluding hydrogens is 272 g/mol. The van der Waals surface area contributed by atoms with Gasteiger partial charge in [0, 0.05) is 12.6 Å². The van der Waals surface area contributed by atoms with Crippen molar-refractivity contribution in [2.24, 2.45) is 11.1 Å². The third kappa shape index (κ3) is 3.22. The zero-order chi connectivity index (χ0) is 14.8. The van der Waals surface area contributed by atoms with Gasteiger partial charge in [-0.15, -0.1) is 0 Å². The van der Waals surface area contributed by atoms with Crippen molar-refractivity contribution in [3.63, 3.8) is 0 Å². The number of rotatable bonds is 6. The van der Waals surface area contributed by atoms with Crippen LogP contribution in [0.4, 0.5) is 0 Å². The summed E-state index contributed by atoms with van der Waals surface area (Å²) >= 11 is 0. The standard InChI is InChI=1S/C15H24N2O2S/c1-3-15(8-5-9-15)11-17-20(18,19)14-7-4-6-13(10-14)12(2)16/h4,6-7,10,12,17H,3,5,8-9,11,16H2,1-2H3. The second kappa shape index (κ2) is 5.84. The summed E-state index contributed by atoms with van der Waals surface area (Å²) < 4.78 is 27.5. The van der Waals surface area contributed by atoms with Crippen LogP contribution in [0.1, 0.15) is 51.1 Å². The maximum atomic E-state index is 12.4. The summed E-state index contributed by atoms with van der Waals surface area (Å²) in [5.74, 6) is 0. The molecule has 5 heteroatoms. The summed E-state index contributed by atoms with van der Waals surface area (Å²) in [7, 11) is -3.44. The molecule has 1 aromatic carbocycles. The SMILES string of the molecule is CCC1(CNS(=O)(=O)c2cccc(C(C)N)c2)CCC1. The number of benzene rings is 1. The molecule has 0 radical (unpaired) electrons. The fourth-order valence-corrected chi connectivity index (χ4v) is 3.84. The number of hydrogen-bond acceptors (Lipinski definition) is 3. The highest BCUT2D eigenvalue weighted by Gasteiger charge is 2.36. The van der Waals surface area contributed by atoms with E-state index in [0.717, 1.165) is 24.8 Å². The van der Waals surface area contributed by atoms with E-state index in [2.05, 4.69) is 11.6 Å². The Balaban J connectivity index is 2.12. The largest absolute Gasteiger partial charge is 0.324 e. The number of hydrogen-bond donors (Lipinski definition) is 2. The Bertz CT molecular complexity index is 557. The molecule has 0 saturated heterocycles. The van der Waals surface area contributed by atoms with Crippen LogP contribution in [0, 0.1) is 5.41 Å². The lowest BCUT2D eigenvalue weighted by molar-refractivity contribution is 0.133. The summed E-state index contributed by atoms with van der Waals surface area (Å²) in [4.78, 5) is 0.304. The molecular formula is C15H24N2O2S. The predicted molar refractivity (Wildman–Crippen MR) is 80.8 cm³/mol. The average Bonchev–Trinajstić information content (AvgIpc) is 2.38. The van der Waals surface area contributed by atoms with Gasteiger partial charge in [-0.25, -0.2) is 13.1 Å². The molecule has 0 bridgehead atoms. The Labute approximate surface area is 121 Å². The van der Waals surface area contributed by atoms with E-state index in [9.17, 15) is 8.42 Å². The summed E-state index contributed by atoms with van der Waals surface area (Å²) in [6.45, 7) is 4.51. The van der Waals surface area contributed by atoms with Crippen molar-refractivity contribution in [2.45, 2.75) is 50.5 Å². The molecule has 0 amide bonds. The summed E-state index contributed by atoms with van der Waals surface area (Å²) in [5.41, 5.74) is 6.81. The quantitative estimate of drug-likeness (QED) is 0.847. The first-order valence-electron chi connectivity index (χ1n) is 7.24. The maximum absolute atomic E-state index is 12.4. The molecule has 0 aliphatic heterocycles.